The second-order valence-electron chi connectivity index (χ2n) is 6.34. The van der Waals surface area contributed by atoms with E-state index in [0.717, 1.165) is 36.9 Å². The van der Waals surface area contributed by atoms with E-state index in [1.807, 2.05) is 30.3 Å². The van der Waals surface area contributed by atoms with Crippen molar-refractivity contribution in [2.24, 2.45) is 0 Å². The van der Waals surface area contributed by atoms with Crippen molar-refractivity contribution in [1.29, 1.82) is 0 Å². The molecule has 1 aromatic rings. The Bertz CT molecular complexity index is 525. The third kappa shape index (κ3) is 6.00. The fourth-order valence-corrected chi connectivity index (χ4v) is 3.26. The predicted molar refractivity (Wildman–Crippen MR) is 99.2 cm³/mol. The molecule has 1 heterocycles. The van der Waals surface area contributed by atoms with Crippen LogP contribution in [0.4, 0.5) is 0 Å². The molecule has 1 N–H and O–H groups in total. The van der Waals surface area contributed by atoms with Crippen molar-refractivity contribution in [1.82, 2.24) is 10.2 Å². The van der Waals surface area contributed by atoms with Crippen LogP contribution in [0, 0.1) is 0 Å². The first-order valence-electron chi connectivity index (χ1n) is 9.07. The number of methoxy groups -OCH3 is 1. The van der Waals surface area contributed by atoms with Gasteiger partial charge >= 0.3 is 0 Å². The van der Waals surface area contributed by atoms with Gasteiger partial charge in [-0.2, -0.15) is 0 Å². The number of benzene rings is 1. The molecule has 132 valence electrons. The summed E-state index contributed by atoms with van der Waals surface area (Å²) >= 11 is 0. The molecule has 1 aliphatic rings. The molecule has 1 atom stereocenters. The van der Waals surface area contributed by atoms with E-state index in [0.29, 0.717) is 0 Å². The third-order valence-corrected chi connectivity index (χ3v) is 4.68. The van der Waals surface area contributed by atoms with Crippen molar-refractivity contribution in [3.8, 4) is 5.75 Å². The molecule has 0 aromatic heterocycles. The first kappa shape index (κ1) is 18.5. The number of likely N-dealkylation sites (tertiary alicyclic amines) is 1. The Morgan fingerprint density at radius 1 is 1.33 bits per heavy atom. The van der Waals surface area contributed by atoms with Gasteiger partial charge in [0.25, 0.3) is 0 Å². The predicted octanol–water partition coefficient (Wildman–Crippen LogP) is 3.48. The molecule has 2 rings (SSSR count). The van der Waals surface area contributed by atoms with Crippen LogP contribution in [0.25, 0.3) is 6.08 Å². The van der Waals surface area contributed by atoms with Gasteiger partial charge in [-0.05, 0) is 56.0 Å². The zero-order valence-electron chi connectivity index (χ0n) is 15.0. The Hall–Kier alpha value is -1.81. The third-order valence-electron chi connectivity index (χ3n) is 4.68. The number of ether oxygens (including phenoxy) is 1. The molecule has 24 heavy (non-hydrogen) atoms. The van der Waals surface area contributed by atoms with Gasteiger partial charge in [-0.15, -0.1) is 0 Å². The molecule has 0 aliphatic carbocycles. The number of hydrogen-bond acceptors (Lipinski definition) is 3. The molecule has 4 nitrogen and oxygen atoms in total. The van der Waals surface area contributed by atoms with Crippen LogP contribution >= 0.6 is 0 Å². The fraction of sp³-hybridized carbons (Fsp3) is 0.550. The average Bonchev–Trinajstić information content (AvgIpc) is 2.64. The largest absolute Gasteiger partial charge is 0.497 e. The summed E-state index contributed by atoms with van der Waals surface area (Å²) in [5, 5.41) is 2.97. The van der Waals surface area contributed by atoms with Crippen LogP contribution in [-0.2, 0) is 4.79 Å². The molecule has 1 unspecified atom stereocenters. The number of hydrogen-bond donors (Lipinski definition) is 1. The van der Waals surface area contributed by atoms with Gasteiger partial charge in [0.2, 0.25) is 5.91 Å². The smallest absolute Gasteiger partial charge is 0.243 e. The Labute approximate surface area is 145 Å². The molecule has 4 heteroatoms. The maximum atomic E-state index is 11.9. The molecule has 1 amide bonds. The van der Waals surface area contributed by atoms with E-state index >= 15 is 0 Å². The Kier molecular flexibility index (Phi) is 7.83. The highest BCUT2D eigenvalue weighted by molar-refractivity contribution is 5.91. The normalized spacial score (nSPS) is 18.7. The topological polar surface area (TPSA) is 41.6 Å². The second-order valence-corrected chi connectivity index (χ2v) is 6.34. The molecule has 0 radical (unpaired) electrons. The minimum Gasteiger partial charge on any atom is -0.497 e. The van der Waals surface area contributed by atoms with Crippen LogP contribution in [0.5, 0.6) is 5.75 Å². The van der Waals surface area contributed by atoms with E-state index in [1.54, 1.807) is 13.2 Å². The van der Waals surface area contributed by atoms with E-state index in [1.165, 1.54) is 32.2 Å². The number of carbonyl (C=O) groups is 1. The Balaban J connectivity index is 1.66. The minimum atomic E-state index is -0.0310. The molecule has 0 saturated carbocycles. The van der Waals surface area contributed by atoms with Crippen molar-refractivity contribution in [3.05, 3.63) is 35.9 Å². The molecule has 0 spiro atoms. The van der Waals surface area contributed by atoms with Crippen LogP contribution in [0.3, 0.4) is 0 Å². The highest BCUT2D eigenvalue weighted by Crippen LogP contribution is 2.19. The molecular weight excluding hydrogens is 300 g/mol. The molecule has 1 fully saturated rings. The number of rotatable bonds is 8. The van der Waals surface area contributed by atoms with E-state index in [9.17, 15) is 4.79 Å². The van der Waals surface area contributed by atoms with Crippen molar-refractivity contribution in [3.63, 3.8) is 0 Å². The molecule has 1 aromatic carbocycles. The number of nitrogens with one attached hydrogen (secondary N) is 1. The number of carbonyl (C=O) groups excluding carboxylic acids is 1. The SMILES string of the molecule is CCC1CCCCN1CCCNC(=O)C=Cc1ccc(OC)cc1. The summed E-state index contributed by atoms with van der Waals surface area (Å²) in [6.45, 7) is 5.30. The standard InChI is InChI=1S/C20H30N2O2/c1-3-18-7-4-5-15-22(18)16-6-14-21-20(23)13-10-17-8-11-19(24-2)12-9-17/h8-13,18H,3-7,14-16H2,1-2H3,(H,21,23). The van der Waals surface area contributed by atoms with E-state index < -0.39 is 0 Å². The minimum absolute atomic E-state index is 0.0310. The summed E-state index contributed by atoms with van der Waals surface area (Å²) in [7, 11) is 1.64. The summed E-state index contributed by atoms with van der Waals surface area (Å²) in [5.41, 5.74) is 0.991. The van der Waals surface area contributed by atoms with Crippen molar-refractivity contribution in [2.45, 2.75) is 45.1 Å². The summed E-state index contributed by atoms with van der Waals surface area (Å²) in [5.74, 6) is 0.788. The molecular formula is C20H30N2O2. The zero-order valence-corrected chi connectivity index (χ0v) is 15.0. The van der Waals surface area contributed by atoms with Gasteiger partial charge in [-0.3, -0.25) is 4.79 Å². The lowest BCUT2D eigenvalue weighted by Gasteiger charge is -2.35. The first-order chi connectivity index (χ1) is 11.7. The molecule has 1 aliphatic heterocycles. The van der Waals surface area contributed by atoms with Crippen LogP contribution in [0.15, 0.2) is 30.3 Å². The van der Waals surface area contributed by atoms with E-state index in [-0.39, 0.29) is 5.91 Å². The highest BCUT2D eigenvalue weighted by atomic mass is 16.5. The van der Waals surface area contributed by atoms with Crippen molar-refractivity contribution < 1.29 is 9.53 Å². The number of nitrogens with zero attached hydrogens (tertiary/aromatic N) is 1. The quantitative estimate of drug-likeness (QED) is 0.586. The first-order valence-corrected chi connectivity index (χ1v) is 9.07. The van der Waals surface area contributed by atoms with Gasteiger partial charge in [-0.25, -0.2) is 0 Å². The second kappa shape index (κ2) is 10.1. The van der Waals surface area contributed by atoms with Gasteiger partial charge in [0.05, 0.1) is 7.11 Å². The fourth-order valence-electron chi connectivity index (χ4n) is 3.26. The van der Waals surface area contributed by atoms with Crippen molar-refractivity contribution in [2.75, 3.05) is 26.7 Å². The molecule has 0 bridgehead atoms. The highest BCUT2D eigenvalue weighted by Gasteiger charge is 2.19. The van der Waals surface area contributed by atoms with Gasteiger partial charge in [0.15, 0.2) is 0 Å². The summed E-state index contributed by atoms with van der Waals surface area (Å²) in [6.07, 6.45) is 9.67. The molecule has 1 saturated heterocycles. The van der Waals surface area contributed by atoms with Crippen LogP contribution in [-0.4, -0.2) is 43.6 Å². The van der Waals surface area contributed by atoms with Crippen LogP contribution < -0.4 is 10.1 Å². The summed E-state index contributed by atoms with van der Waals surface area (Å²) < 4.78 is 5.12. The monoisotopic (exact) mass is 330 g/mol. The Morgan fingerprint density at radius 2 is 2.12 bits per heavy atom. The van der Waals surface area contributed by atoms with Gasteiger partial charge in [-0.1, -0.05) is 25.5 Å². The summed E-state index contributed by atoms with van der Waals surface area (Å²) in [4.78, 5) is 14.5. The lowest BCUT2D eigenvalue weighted by molar-refractivity contribution is -0.116. The lowest BCUT2D eigenvalue weighted by atomic mass is 10.00. The van der Waals surface area contributed by atoms with Crippen LogP contribution in [0.2, 0.25) is 0 Å². The lowest BCUT2D eigenvalue weighted by Crippen LogP contribution is -2.40. The van der Waals surface area contributed by atoms with Gasteiger partial charge < -0.3 is 15.0 Å². The van der Waals surface area contributed by atoms with Gasteiger partial charge in [0.1, 0.15) is 5.75 Å². The van der Waals surface area contributed by atoms with Gasteiger partial charge in [0, 0.05) is 25.2 Å². The summed E-state index contributed by atoms with van der Waals surface area (Å²) in [6, 6.07) is 8.39. The van der Waals surface area contributed by atoms with Crippen molar-refractivity contribution >= 4 is 12.0 Å². The van der Waals surface area contributed by atoms with E-state index in [4.69, 9.17) is 4.74 Å². The zero-order chi connectivity index (χ0) is 17.2. The Morgan fingerprint density at radius 3 is 2.83 bits per heavy atom. The maximum Gasteiger partial charge on any atom is 0.243 e. The van der Waals surface area contributed by atoms with E-state index in [2.05, 4.69) is 17.1 Å². The maximum absolute atomic E-state index is 11.9. The number of amides is 1. The average molecular weight is 330 g/mol. The number of piperidine rings is 1. The van der Waals surface area contributed by atoms with Crippen LogP contribution in [0.1, 0.15) is 44.6 Å².